The lowest BCUT2D eigenvalue weighted by Gasteiger charge is -2.32. The molecule has 5 unspecified atom stereocenters. The van der Waals surface area contributed by atoms with Gasteiger partial charge in [-0.05, 0) is 177 Å². The van der Waals surface area contributed by atoms with E-state index in [1.54, 1.807) is 43.9 Å². The first-order valence-electron chi connectivity index (χ1n) is 51.0. The molecule has 0 spiro atoms. The number of hydrogen-bond acceptors (Lipinski definition) is 28. The number of amides is 10. The summed E-state index contributed by atoms with van der Waals surface area (Å²) in [5.41, 5.74) is 13.6. The summed E-state index contributed by atoms with van der Waals surface area (Å²) >= 11 is 2.23. The van der Waals surface area contributed by atoms with E-state index in [4.69, 9.17) is 29.6 Å². The van der Waals surface area contributed by atoms with Gasteiger partial charge in [0.25, 0.3) is 0 Å². The number of aryl methyl sites for hydroxylation is 1. The second kappa shape index (κ2) is 67.9. The predicted molar refractivity (Wildman–Crippen MR) is 558 cm³/mol. The average Bonchev–Trinajstić information content (AvgIpc) is 0.767. The van der Waals surface area contributed by atoms with Gasteiger partial charge < -0.3 is 113 Å². The van der Waals surface area contributed by atoms with Crippen LogP contribution in [0.1, 0.15) is 163 Å². The van der Waals surface area contributed by atoms with Crippen LogP contribution in [-0.4, -0.2) is 351 Å². The van der Waals surface area contributed by atoms with Crippen molar-refractivity contribution in [2.75, 3.05) is 176 Å². The van der Waals surface area contributed by atoms with Gasteiger partial charge in [0, 0.05) is 163 Å². The van der Waals surface area contributed by atoms with E-state index in [0.29, 0.717) is 86.8 Å². The van der Waals surface area contributed by atoms with Crippen LogP contribution in [-0.2, 0) is 115 Å². The van der Waals surface area contributed by atoms with Gasteiger partial charge in [-0.3, -0.25) is 81.9 Å². The van der Waals surface area contributed by atoms with Crippen LogP contribution in [0.25, 0.3) is 22.2 Å². The third-order valence-corrected chi connectivity index (χ3v) is 26.5. The number of Topliss-reactive ketones (excluding diaryl/α,β-unsaturated/α-hetero) is 1. The summed E-state index contributed by atoms with van der Waals surface area (Å²) in [5, 5.41) is 101. The van der Waals surface area contributed by atoms with Crippen molar-refractivity contribution in [3.05, 3.63) is 147 Å². The Morgan fingerprint density at radius 1 is 0.407 bits per heavy atom. The van der Waals surface area contributed by atoms with Crippen molar-refractivity contribution in [3.63, 3.8) is 0 Å². The molecule has 1 aliphatic carbocycles. The second-order valence-corrected chi connectivity index (χ2v) is 38.5. The zero-order valence-corrected chi connectivity index (χ0v) is 86.8. The van der Waals surface area contributed by atoms with Crippen LogP contribution in [0.4, 0.5) is 10.5 Å². The molecule has 2 aliphatic heterocycles. The largest absolute Gasteiger partial charge is 0.481 e. The summed E-state index contributed by atoms with van der Waals surface area (Å²) in [7, 11) is 0. The van der Waals surface area contributed by atoms with Crippen LogP contribution in [0, 0.1) is 26.9 Å². The van der Waals surface area contributed by atoms with Gasteiger partial charge in [0.05, 0.1) is 97.0 Å². The van der Waals surface area contributed by atoms with Crippen molar-refractivity contribution < 1.29 is 136 Å². The summed E-state index contributed by atoms with van der Waals surface area (Å²) in [5.74, 6) is -13.5. The molecule has 5 atom stereocenters. The van der Waals surface area contributed by atoms with Crippen molar-refractivity contribution >= 4 is 151 Å². The van der Waals surface area contributed by atoms with Gasteiger partial charge in [-0.2, -0.15) is 5.11 Å². The fourth-order valence-electron chi connectivity index (χ4n) is 17.6. The zero-order valence-electron chi connectivity index (χ0n) is 84.6. The second-order valence-electron chi connectivity index (χ2n) is 37.2. The van der Waals surface area contributed by atoms with Crippen LogP contribution >= 0.6 is 22.6 Å². The van der Waals surface area contributed by atoms with E-state index in [-0.39, 0.29) is 288 Å². The number of nitrogens with zero attached hydrogens (tertiary/aromatic N) is 6. The van der Waals surface area contributed by atoms with Gasteiger partial charge in [-0.1, -0.05) is 97.1 Å². The monoisotopic (exact) mass is 2210 g/mol. The van der Waals surface area contributed by atoms with E-state index in [1.165, 1.54) is 0 Å². The molecule has 1 saturated heterocycles. The molecule has 5 aromatic rings. The lowest BCUT2D eigenvalue weighted by atomic mass is 9.77. The van der Waals surface area contributed by atoms with Crippen LogP contribution in [0.15, 0.2) is 120 Å². The number of fused-ring (bicyclic) bond motifs is 3. The smallest absolute Gasteiger partial charge is 0.326 e. The van der Waals surface area contributed by atoms with Crippen LogP contribution in [0.2, 0.25) is 0 Å². The summed E-state index contributed by atoms with van der Waals surface area (Å²) in [6.45, 7) is 3.51. The molecule has 10 amide bonds. The van der Waals surface area contributed by atoms with Gasteiger partial charge >= 0.3 is 47.8 Å². The van der Waals surface area contributed by atoms with Crippen molar-refractivity contribution in [1.29, 1.82) is 5.53 Å². The molecule has 0 aromatic heterocycles. The first-order valence-corrected chi connectivity index (χ1v) is 52.1. The fraction of sp³-hybridized carbons (Fsp3) is 0.548. The van der Waals surface area contributed by atoms with E-state index >= 15 is 0 Å². The van der Waals surface area contributed by atoms with Crippen LogP contribution < -0.4 is 58.1 Å². The number of urea groups is 1. The van der Waals surface area contributed by atoms with E-state index in [2.05, 4.69) is 80.9 Å². The number of aliphatic carboxylic acids is 7. The van der Waals surface area contributed by atoms with Crippen molar-refractivity contribution in [1.82, 2.24) is 72.8 Å². The normalized spacial score (nSPS) is 16.3. The third kappa shape index (κ3) is 47.0. The maximum atomic E-state index is 14.3. The summed E-state index contributed by atoms with van der Waals surface area (Å²) in [6, 6.07) is 29.1. The van der Waals surface area contributed by atoms with Gasteiger partial charge in [0.15, 0.2) is 0 Å². The Balaban J connectivity index is 0.727. The number of carbonyl (C=O) groups is 17. The Labute approximate surface area is 884 Å². The highest BCUT2D eigenvalue weighted by Gasteiger charge is 2.35. The number of ether oxygens (including phenoxy) is 4. The Kier molecular flexibility index (Phi) is 55.2. The molecule has 45 nitrogen and oxygen atoms in total. The summed E-state index contributed by atoms with van der Waals surface area (Å²) in [4.78, 5) is 227. The number of nitrogens with one attached hydrogen (secondary N) is 11. The number of anilines is 1. The number of carboxylic acids is 7. The Morgan fingerprint density at radius 2 is 0.907 bits per heavy atom. The van der Waals surface area contributed by atoms with Gasteiger partial charge in [0.1, 0.15) is 35.6 Å². The number of carbonyl (C=O) groups excluding carboxylic acids is 10. The van der Waals surface area contributed by atoms with E-state index in [9.17, 15) is 112 Å². The molecule has 5 aromatic carbocycles. The minimum absolute atomic E-state index is 0.00502. The topological polar surface area (TPSA) is 641 Å². The van der Waals surface area contributed by atoms with Crippen molar-refractivity contribution in [3.8, 4) is 0 Å². The molecule has 18 N–H and O–H groups in total. The molecule has 2 heterocycles. The molecule has 1 saturated carbocycles. The molecular weight excluding hydrogens is 2060 g/mol. The fourth-order valence-corrected chi connectivity index (χ4v) is 18.0. The number of benzene rings is 5. The third-order valence-electron chi connectivity index (χ3n) is 25.8. The molecule has 8 rings (SSSR count). The molecule has 820 valence electrons. The van der Waals surface area contributed by atoms with Gasteiger partial charge in [-0.15, -0.1) is 0 Å². The Hall–Kier alpha value is -13.1. The zero-order chi connectivity index (χ0) is 108. The number of para-hydroxylation sites is 1. The lowest BCUT2D eigenvalue weighted by molar-refractivity contribution is -0.143. The number of carboxylic acid groups (broad SMARTS) is 7. The molecular formula is C104H144IN17O28. The summed E-state index contributed by atoms with van der Waals surface area (Å²) < 4.78 is 23.7. The van der Waals surface area contributed by atoms with Crippen LogP contribution in [0.3, 0.4) is 0 Å². The standard InChI is InChI=1S/C104H144IN17O28/c105-78-31-26-70(27-32-78)13-11-22-87(124)107-40-9-7-19-82(101(140)141)114-100(139)81(33-35-89(126)112-64-71-23-29-74(30-24-71)86(123)63-77(62-72-25-28-73-14-1-2-15-75(73)61-72)99(138)111-41-10-8-20-83(102(142)143)115-104(146)116-84(103(144)145)34-38-93(130)131)113-90(127)39-53-147-55-57-149-59-60-150-58-56-148-54-44-109-88(125)36-37-92(129)122-65-76-16-3-4-17-79(76)97(98(117-106)80-18-5-6-21-85(80)122)110-43-12-42-108-91(128)66-118-45-47-119(67-94(132)133)49-51-121(69-96(136)137)52-50-120(48-46-118)68-95(134)135/h1-6,14-18,21,25-28,31-32,61,71,74,77,81-84,106,110H,7-13,19-20,22-24,29-30,33-60,62-69H2,(H,107,124)(H,108,128)(H,109,125)(H,111,138)(H,112,126)(H,113,127)(H,114,139)(H,130,131)(H,132,133)(H,134,135)(H,136,137)(H,140,141)(H,142,143)(H,144,145)(H2,115,116,146)/b98-97-,117-106?. The quantitative estimate of drug-likeness (QED) is 0.0133. The van der Waals surface area contributed by atoms with Gasteiger partial charge in [0.2, 0.25) is 47.3 Å². The maximum Gasteiger partial charge on any atom is 0.326 e. The van der Waals surface area contributed by atoms with E-state index < -0.39 is 114 Å². The predicted octanol–water partition coefficient (Wildman–Crippen LogP) is 5.31. The molecule has 0 radical (unpaired) electrons. The maximum absolute atomic E-state index is 14.3. The number of rotatable bonds is 68. The minimum Gasteiger partial charge on any atom is -0.481 e. The summed E-state index contributed by atoms with van der Waals surface area (Å²) in [6.07, 6.45) is 3.48. The highest BCUT2D eigenvalue weighted by Crippen LogP contribution is 2.39. The lowest BCUT2D eigenvalue weighted by Crippen LogP contribution is -2.52. The number of halogens is 1. The number of ketones is 1. The molecule has 46 heteroatoms. The van der Waals surface area contributed by atoms with E-state index in [0.717, 1.165) is 37.5 Å². The minimum atomic E-state index is -1.58. The highest BCUT2D eigenvalue weighted by atomic mass is 127. The number of unbranched alkanes of at least 4 members (excludes halogenated alkanes) is 2. The van der Waals surface area contributed by atoms with Crippen molar-refractivity contribution in [2.24, 2.45) is 22.9 Å². The molecule has 3 aliphatic rings. The Morgan fingerprint density at radius 3 is 1.50 bits per heavy atom. The Bertz CT molecular complexity index is 5290. The van der Waals surface area contributed by atoms with Crippen LogP contribution in [0.5, 0.6) is 0 Å². The average molecular weight is 2210 g/mol. The molecule has 150 heavy (non-hydrogen) atoms. The first-order chi connectivity index (χ1) is 72.2. The first kappa shape index (κ1) is 122. The highest BCUT2D eigenvalue weighted by molar-refractivity contribution is 14.1. The molecule has 2 fully saturated rings. The molecule has 0 bridgehead atoms. The van der Waals surface area contributed by atoms with Crippen molar-refractivity contribution in [2.45, 2.75) is 178 Å². The van der Waals surface area contributed by atoms with Gasteiger partial charge in [-0.25, -0.2) is 24.7 Å². The number of hydrogen-bond donors (Lipinski definition) is 18. The van der Waals surface area contributed by atoms with E-state index in [1.807, 2.05) is 95.9 Å². The SMILES string of the molecule is N=N/C1=C(\NCCCNC(=O)CN2CCN(CC(=O)O)CCN(CC(=O)O)CCN(CC(=O)O)CC2)c2ccccc2CN(C(=O)CCC(=O)NCCOCCOCCOCCOCCC(=O)NC(CCC(=O)NCC2CCC(C(=O)CC(Cc3ccc4ccccc4c3)C(=O)NCCCCC(NC(=O)NC(CCC(=O)O)C(=O)O)C(=O)O)CC2)C(=O)NC(CCCCNC(=O)CCCc2ccc(I)cc2)C(=O)O)c2ccccc21.